The molecule has 0 radical (unpaired) electrons. The average molecular weight is 535 g/mol. The van der Waals surface area contributed by atoms with E-state index in [0.717, 1.165) is 19.3 Å². The zero-order valence-electron chi connectivity index (χ0n) is 25.1. The molecule has 0 aliphatic carbocycles. The van der Waals surface area contributed by atoms with Crippen molar-refractivity contribution < 1.29 is 19.4 Å². The van der Waals surface area contributed by atoms with Crippen molar-refractivity contribution in [3.05, 3.63) is 24.8 Å². The summed E-state index contributed by atoms with van der Waals surface area (Å²) in [6.07, 6.45) is 37.1. The first-order valence-corrected chi connectivity index (χ1v) is 16.3. The third-order valence-corrected chi connectivity index (χ3v) is 7.41. The fourth-order valence-electron chi connectivity index (χ4n) is 5.00. The molecule has 0 aromatic heterocycles. The van der Waals surface area contributed by atoms with E-state index in [-0.39, 0.29) is 13.0 Å². The minimum Gasteiger partial charge on any atom is -0.481 e. The van der Waals surface area contributed by atoms with Gasteiger partial charge in [-0.3, -0.25) is 9.59 Å². The van der Waals surface area contributed by atoms with Crippen LogP contribution < -0.4 is 0 Å². The quantitative estimate of drug-likeness (QED) is 0.0565. The fraction of sp³-hybridized carbons (Fsp3) is 0.824. The van der Waals surface area contributed by atoms with Crippen LogP contribution in [0.5, 0.6) is 0 Å². The Balaban J connectivity index is 3.37. The smallest absolute Gasteiger partial charge is 0.309 e. The molecule has 4 heteroatoms. The van der Waals surface area contributed by atoms with Crippen molar-refractivity contribution in [1.29, 1.82) is 0 Å². The fourth-order valence-corrected chi connectivity index (χ4v) is 5.00. The van der Waals surface area contributed by atoms with Gasteiger partial charge in [-0.15, -0.1) is 0 Å². The monoisotopic (exact) mass is 534 g/mol. The standard InChI is InChI=1S/C34H62O4/c1-3-5-6-7-8-9-10-11-12-13-14-15-16-17-18-19-20-21-22-23-24-25-26-27-28-29-32(31-33(35)36)34(37)38-30-4-2/h4,12-13,32H,2-3,5-11,14-31H2,1H3,(H,35,36)/b13-12+. The molecular formula is C34H62O4. The topological polar surface area (TPSA) is 63.6 Å². The summed E-state index contributed by atoms with van der Waals surface area (Å²) in [4.78, 5) is 23.0. The highest BCUT2D eigenvalue weighted by Gasteiger charge is 2.22. The SMILES string of the molecule is C=CCOC(=O)C(CCCCCCCCCCCCCCCC/C=C/CCCCCCCCC)CC(=O)O. The van der Waals surface area contributed by atoms with E-state index in [1.165, 1.54) is 134 Å². The molecule has 0 aromatic carbocycles. The number of carboxylic acid groups (broad SMARTS) is 1. The van der Waals surface area contributed by atoms with Crippen LogP contribution in [0, 0.1) is 5.92 Å². The zero-order valence-corrected chi connectivity index (χ0v) is 25.1. The predicted molar refractivity (Wildman–Crippen MR) is 163 cm³/mol. The van der Waals surface area contributed by atoms with Crippen LogP contribution in [0.1, 0.15) is 167 Å². The number of unbranched alkanes of at least 4 members (excludes halogenated alkanes) is 21. The Bertz CT molecular complexity index is 569. The molecule has 0 rings (SSSR count). The number of hydrogen-bond donors (Lipinski definition) is 1. The summed E-state index contributed by atoms with van der Waals surface area (Å²) in [6.45, 7) is 5.95. The van der Waals surface area contributed by atoms with Crippen molar-refractivity contribution in [1.82, 2.24) is 0 Å². The van der Waals surface area contributed by atoms with Gasteiger partial charge in [-0.2, -0.15) is 0 Å². The molecule has 1 N–H and O–H groups in total. The summed E-state index contributed by atoms with van der Waals surface area (Å²) < 4.78 is 5.04. The highest BCUT2D eigenvalue weighted by Crippen LogP contribution is 2.18. The molecule has 222 valence electrons. The molecule has 0 aromatic rings. The van der Waals surface area contributed by atoms with E-state index in [9.17, 15) is 9.59 Å². The maximum atomic E-state index is 12.0. The van der Waals surface area contributed by atoms with Gasteiger partial charge in [0.1, 0.15) is 6.61 Å². The molecule has 0 heterocycles. The normalized spacial score (nSPS) is 12.1. The van der Waals surface area contributed by atoms with Crippen LogP contribution in [0.15, 0.2) is 24.8 Å². The molecule has 0 fully saturated rings. The van der Waals surface area contributed by atoms with Gasteiger partial charge in [0.15, 0.2) is 0 Å². The van der Waals surface area contributed by atoms with Crippen LogP contribution in [0.3, 0.4) is 0 Å². The number of allylic oxidation sites excluding steroid dienone is 2. The molecule has 1 atom stereocenters. The molecule has 0 amide bonds. The highest BCUT2D eigenvalue weighted by atomic mass is 16.5. The van der Waals surface area contributed by atoms with Gasteiger partial charge in [0.25, 0.3) is 0 Å². The number of aliphatic carboxylic acids is 1. The molecule has 0 saturated heterocycles. The van der Waals surface area contributed by atoms with Gasteiger partial charge in [0, 0.05) is 0 Å². The lowest BCUT2D eigenvalue weighted by molar-refractivity contribution is -0.152. The van der Waals surface area contributed by atoms with Gasteiger partial charge in [0.2, 0.25) is 0 Å². The van der Waals surface area contributed by atoms with Gasteiger partial charge >= 0.3 is 11.9 Å². The van der Waals surface area contributed by atoms with E-state index < -0.39 is 17.9 Å². The summed E-state index contributed by atoms with van der Waals surface area (Å²) in [6, 6.07) is 0. The van der Waals surface area contributed by atoms with Gasteiger partial charge in [-0.25, -0.2) is 0 Å². The van der Waals surface area contributed by atoms with Crippen molar-refractivity contribution in [3.8, 4) is 0 Å². The van der Waals surface area contributed by atoms with Crippen molar-refractivity contribution in [2.75, 3.05) is 6.61 Å². The van der Waals surface area contributed by atoms with Crippen molar-refractivity contribution in [3.63, 3.8) is 0 Å². The predicted octanol–water partition coefficient (Wildman–Crippen LogP) is 10.7. The molecule has 4 nitrogen and oxygen atoms in total. The molecule has 0 saturated carbocycles. The lowest BCUT2D eigenvalue weighted by Gasteiger charge is -2.13. The van der Waals surface area contributed by atoms with Crippen LogP contribution >= 0.6 is 0 Å². The first-order chi connectivity index (χ1) is 18.6. The van der Waals surface area contributed by atoms with Crippen molar-refractivity contribution in [2.24, 2.45) is 5.92 Å². The van der Waals surface area contributed by atoms with Crippen molar-refractivity contribution >= 4 is 11.9 Å². The number of hydrogen-bond acceptors (Lipinski definition) is 3. The summed E-state index contributed by atoms with van der Waals surface area (Å²) >= 11 is 0. The molecule has 0 aliphatic heterocycles. The number of carboxylic acids is 1. The maximum absolute atomic E-state index is 12.0. The second-order valence-corrected chi connectivity index (χ2v) is 11.1. The molecular weight excluding hydrogens is 472 g/mol. The third kappa shape index (κ3) is 27.5. The third-order valence-electron chi connectivity index (χ3n) is 7.41. The van der Waals surface area contributed by atoms with E-state index in [1.54, 1.807) is 0 Å². The summed E-state index contributed by atoms with van der Waals surface area (Å²) in [5, 5.41) is 9.02. The minimum atomic E-state index is -0.942. The lowest BCUT2D eigenvalue weighted by atomic mass is 9.97. The Labute approximate surface area is 236 Å². The van der Waals surface area contributed by atoms with Gasteiger partial charge in [0.05, 0.1) is 12.3 Å². The minimum absolute atomic E-state index is 0.145. The number of rotatable bonds is 30. The molecule has 1 unspecified atom stereocenters. The average Bonchev–Trinajstić information content (AvgIpc) is 2.90. The maximum Gasteiger partial charge on any atom is 0.309 e. The molecule has 0 aliphatic rings. The summed E-state index contributed by atoms with van der Waals surface area (Å²) in [7, 11) is 0. The second-order valence-electron chi connectivity index (χ2n) is 11.1. The molecule has 0 bridgehead atoms. The Morgan fingerprint density at radius 1 is 0.658 bits per heavy atom. The number of carbonyl (C=O) groups is 2. The van der Waals surface area contributed by atoms with Gasteiger partial charge in [-0.05, 0) is 32.1 Å². The zero-order chi connectivity index (χ0) is 27.9. The largest absolute Gasteiger partial charge is 0.481 e. The van der Waals surface area contributed by atoms with E-state index in [4.69, 9.17) is 9.84 Å². The Kier molecular flexibility index (Phi) is 28.7. The number of esters is 1. The van der Waals surface area contributed by atoms with E-state index in [0.29, 0.717) is 6.42 Å². The van der Waals surface area contributed by atoms with Crippen LogP contribution in [0.2, 0.25) is 0 Å². The Morgan fingerprint density at radius 3 is 1.45 bits per heavy atom. The van der Waals surface area contributed by atoms with E-state index in [1.807, 2.05) is 0 Å². The summed E-state index contributed by atoms with van der Waals surface area (Å²) in [5.74, 6) is -1.88. The number of carbonyl (C=O) groups excluding carboxylic acids is 1. The second kappa shape index (κ2) is 30.0. The molecule has 0 spiro atoms. The first-order valence-electron chi connectivity index (χ1n) is 16.3. The number of ether oxygens (including phenoxy) is 1. The lowest BCUT2D eigenvalue weighted by Crippen LogP contribution is -2.21. The van der Waals surface area contributed by atoms with E-state index >= 15 is 0 Å². The highest BCUT2D eigenvalue weighted by molar-refractivity contribution is 5.79. The van der Waals surface area contributed by atoms with Crippen LogP contribution in [0.25, 0.3) is 0 Å². The molecule has 38 heavy (non-hydrogen) atoms. The van der Waals surface area contributed by atoms with Crippen molar-refractivity contribution in [2.45, 2.75) is 167 Å². The Hall–Kier alpha value is -1.58. The van der Waals surface area contributed by atoms with Crippen LogP contribution in [0.4, 0.5) is 0 Å². The summed E-state index contributed by atoms with van der Waals surface area (Å²) in [5.41, 5.74) is 0. The van der Waals surface area contributed by atoms with Gasteiger partial charge < -0.3 is 9.84 Å². The van der Waals surface area contributed by atoms with E-state index in [2.05, 4.69) is 25.7 Å². The van der Waals surface area contributed by atoms with Crippen LogP contribution in [-0.2, 0) is 14.3 Å². The first kappa shape index (κ1) is 36.4. The van der Waals surface area contributed by atoms with Crippen LogP contribution in [-0.4, -0.2) is 23.7 Å². The Morgan fingerprint density at radius 2 is 1.05 bits per heavy atom. The van der Waals surface area contributed by atoms with Gasteiger partial charge in [-0.1, -0.05) is 154 Å².